The number of halogens is 1. The highest BCUT2D eigenvalue weighted by molar-refractivity contribution is 6.32. The molecule has 0 aromatic heterocycles. The molecule has 2 aromatic carbocycles. The van der Waals surface area contributed by atoms with Crippen LogP contribution in [-0.2, 0) is 6.54 Å². The number of benzene rings is 2. The fraction of sp³-hybridized carbons (Fsp3) is 0.417. The van der Waals surface area contributed by atoms with E-state index in [4.69, 9.17) is 21.1 Å². The Balaban J connectivity index is 2.04. The first-order valence-electron chi connectivity index (χ1n) is 10.7. The highest BCUT2D eigenvalue weighted by Gasteiger charge is 2.16. The predicted molar refractivity (Wildman–Crippen MR) is 123 cm³/mol. The van der Waals surface area contributed by atoms with Gasteiger partial charge in [-0.25, -0.2) is 0 Å². The summed E-state index contributed by atoms with van der Waals surface area (Å²) in [5.74, 6) is 0.523. The zero-order valence-corrected chi connectivity index (χ0v) is 19.3. The van der Waals surface area contributed by atoms with E-state index >= 15 is 0 Å². The maximum atomic E-state index is 12.7. The van der Waals surface area contributed by atoms with Crippen molar-refractivity contribution in [2.45, 2.75) is 53.1 Å². The molecule has 7 heteroatoms. The average molecular weight is 447 g/mol. The standard InChI is InChI=1S/C24H31ClN2O4/c1-5-12-31-22-20(25)13-19(14-21(22)30-7-3)23(28)26-15-17-8-10-18(11-9-17)24(29)27-16(4)6-2/h8-11,13-14,16H,5-7,12,15H2,1-4H3,(H,26,28)(H,27,29)/t16-/m1/s1. The highest BCUT2D eigenvalue weighted by Crippen LogP contribution is 2.36. The minimum atomic E-state index is -0.275. The van der Waals surface area contributed by atoms with E-state index < -0.39 is 0 Å². The molecule has 168 valence electrons. The van der Waals surface area contributed by atoms with Crippen LogP contribution in [0.15, 0.2) is 36.4 Å². The van der Waals surface area contributed by atoms with E-state index in [-0.39, 0.29) is 17.9 Å². The molecular formula is C24H31ClN2O4. The summed E-state index contributed by atoms with van der Waals surface area (Å²) in [5.41, 5.74) is 1.86. The zero-order chi connectivity index (χ0) is 22.8. The third-order valence-electron chi connectivity index (χ3n) is 4.68. The van der Waals surface area contributed by atoms with Crippen molar-refractivity contribution in [3.05, 3.63) is 58.1 Å². The van der Waals surface area contributed by atoms with Gasteiger partial charge in [-0.1, -0.05) is 37.6 Å². The van der Waals surface area contributed by atoms with Gasteiger partial charge >= 0.3 is 0 Å². The lowest BCUT2D eigenvalue weighted by atomic mass is 10.1. The van der Waals surface area contributed by atoms with E-state index in [1.807, 2.05) is 39.8 Å². The number of nitrogens with one attached hydrogen (secondary N) is 2. The Hall–Kier alpha value is -2.73. The van der Waals surface area contributed by atoms with Gasteiger partial charge in [0.1, 0.15) is 0 Å². The lowest BCUT2D eigenvalue weighted by Gasteiger charge is -2.15. The van der Waals surface area contributed by atoms with Crippen molar-refractivity contribution in [2.75, 3.05) is 13.2 Å². The van der Waals surface area contributed by atoms with Crippen LogP contribution >= 0.6 is 11.6 Å². The quantitative estimate of drug-likeness (QED) is 0.510. The van der Waals surface area contributed by atoms with E-state index in [1.165, 1.54) is 0 Å². The first-order chi connectivity index (χ1) is 14.9. The maximum Gasteiger partial charge on any atom is 0.251 e. The molecule has 0 aliphatic rings. The second-order valence-electron chi connectivity index (χ2n) is 7.23. The second kappa shape index (κ2) is 12.2. The van der Waals surface area contributed by atoms with Gasteiger partial charge in [0, 0.05) is 23.7 Å². The predicted octanol–water partition coefficient (Wildman–Crippen LogP) is 4.99. The monoisotopic (exact) mass is 446 g/mol. The van der Waals surface area contributed by atoms with Crippen LogP contribution in [0.5, 0.6) is 11.5 Å². The van der Waals surface area contributed by atoms with E-state index in [9.17, 15) is 9.59 Å². The van der Waals surface area contributed by atoms with Crippen LogP contribution in [0.4, 0.5) is 0 Å². The first-order valence-corrected chi connectivity index (χ1v) is 11.0. The molecule has 31 heavy (non-hydrogen) atoms. The molecule has 2 rings (SSSR count). The van der Waals surface area contributed by atoms with E-state index in [0.717, 1.165) is 18.4 Å². The number of hydrogen-bond donors (Lipinski definition) is 2. The summed E-state index contributed by atoms with van der Waals surface area (Å²) in [6, 6.07) is 10.5. The molecule has 0 aliphatic carbocycles. The summed E-state index contributed by atoms with van der Waals surface area (Å²) in [6.45, 7) is 9.11. The number of ether oxygens (including phenoxy) is 2. The van der Waals surface area contributed by atoms with Crippen LogP contribution in [0.2, 0.25) is 5.02 Å². The van der Waals surface area contributed by atoms with Gasteiger partial charge in [-0.3, -0.25) is 9.59 Å². The van der Waals surface area contributed by atoms with E-state index in [0.29, 0.717) is 47.4 Å². The van der Waals surface area contributed by atoms with Crippen molar-refractivity contribution in [1.29, 1.82) is 0 Å². The molecule has 0 heterocycles. The van der Waals surface area contributed by atoms with Crippen LogP contribution in [-0.4, -0.2) is 31.1 Å². The van der Waals surface area contributed by atoms with Gasteiger partial charge in [0.05, 0.1) is 18.2 Å². The van der Waals surface area contributed by atoms with Crippen molar-refractivity contribution < 1.29 is 19.1 Å². The van der Waals surface area contributed by atoms with Gasteiger partial charge in [0.15, 0.2) is 11.5 Å². The third-order valence-corrected chi connectivity index (χ3v) is 4.96. The van der Waals surface area contributed by atoms with Crippen LogP contribution in [0, 0.1) is 0 Å². The smallest absolute Gasteiger partial charge is 0.251 e. The Kier molecular flexibility index (Phi) is 9.66. The van der Waals surface area contributed by atoms with Crippen LogP contribution in [0.1, 0.15) is 66.8 Å². The molecule has 6 nitrogen and oxygen atoms in total. The molecule has 0 fully saturated rings. The molecule has 0 spiro atoms. The Bertz CT molecular complexity index is 884. The fourth-order valence-electron chi connectivity index (χ4n) is 2.77. The summed E-state index contributed by atoms with van der Waals surface area (Å²) >= 11 is 6.34. The number of carbonyl (C=O) groups is 2. The van der Waals surface area contributed by atoms with E-state index in [2.05, 4.69) is 10.6 Å². The molecular weight excluding hydrogens is 416 g/mol. The largest absolute Gasteiger partial charge is 0.490 e. The van der Waals surface area contributed by atoms with Crippen molar-refractivity contribution >= 4 is 23.4 Å². The molecule has 0 radical (unpaired) electrons. The zero-order valence-electron chi connectivity index (χ0n) is 18.6. The molecule has 2 N–H and O–H groups in total. The molecule has 0 unspecified atom stereocenters. The van der Waals surface area contributed by atoms with E-state index in [1.54, 1.807) is 24.3 Å². The number of amides is 2. The number of hydrogen-bond acceptors (Lipinski definition) is 4. The fourth-order valence-corrected chi connectivity index (χ4v) is 3.04. The lowest BCUT2D eigenvalue weighted by Crippen LogP contribution is -2.31. The van der Waals surface area contributed by atoms with Crippen LogP contribution < -0.4 is 20.1 Å². The second-order valence-corrected chi connectivity index (χ2v) is 7.64. The Morgan fingerprint density at radius 1 is 1.00 bits per heavy atom. The summed E-state index contributed by atoms with van der Waals surface area (Å²) in [4.78, 5) is 24.8. The minimum absolute atomic E-state index is 0.103. The summed E-state index contributed by atoms with van der Waals surface area (Å²) < 4.78 is 11.3. The summed E-state index contributed by atoms with van der Waals surface area (Å²) in [7, 11) is 0. The number of carbonyl (C=O) groups excluding carboxylic acids is 2. The molecule has 0 aliphatic heterocycles. The van der Waals surface area contributed by atoms with Crippen molar-refractivity contribution in [1.82, 2.24) is 10.6 Å². The van der Waals surface area contributed by atoms with Crippen molar-refractivity contribution in [3.8, 4) is 11.5 Å². The van der Waals surface area contributed by atoms with Crippen LogP contribution in [0.25, 0.3) is 0 Å². The topological polar surface area (TPSA) is 76.7 Å². The van der Waals surface area contributed by atoms with Gasteiger partial charge in [-0.2, -0.15) is 0 Å². The van der Waals surface area contributed by atoms with Gasteiger partial charge in [-0.15, -0.1) is 0 Å². The highest BCUT2D eigenvalue weighted by atomic mass is 35.5. The molecule has 0 bridgehead atoms. The third kappa shape index (κ3) is 7.17. The SMILES string of the molecule is CCCOc1c(Cl)cc(C(=O)NCc2ccc(C(=O)N[C@H](C)CC)cc2)cc1OCC. The molecule has 0 saturated carbocycles. The molecule has 2 aromatic rings. The molecule has 0 saturated heterocycles. The normalized spacial score (nSPS) is 11.5. The molecule has 1 atom stereocenters. The summed E-state index contributed by atoms with van der Waals surface area (Å²) in [5, 5.41) is 6.14. The summed E-state index contributed by atoms with van der Waals surface area (Å²) in [6.07, 6.45) is 1.71. The Morgan fingerprint density at radius 3 is 2.32 bits per heavy atom. The van der Waals surface area contributed by atoms with Crippen LogP contribution in [0.3, 0.4) is 0 Å². The minimum Gasteiger partial charge on any atom is -0.490 e. The molecule has 2 amide bonds. The Morgan fingerprint density at radius 2 is 1.71 bits per heavy atom. The van der Waals surface area contributed by atoms with Gasteiger partial charge in [0.25, 0.3) is 11.8 Å². The number of rotatable bonds is 11. The Labute approximate surface area is 189 Å². The first kappa shape index (κ1) is 24.5. The van der Waals surface area contributed by atoms with Gasteiger partial charge in [0.2, 0.25) is 0 Å². The average Bonchev–Trinajstić information content (AvgIpc) is 2.77. The van der Waals surface area contributed by atoms with Crippen molar-refractivity contribution in [2.24, 2.45) is 0 Å². The van der Waals surface area contributed by atoms with Gasteiger partial charge < -0.3 is 20.1 Å². The maximum absolute atomic E-state index is 12.7. The lowest BCUT2D eigenvalue weighted by molar-refractivity contribution is 0.0934. The van der Waals surface area contributed by atoms with Crippen molar-refractivity contribution in [3.63, 3.8) is 0 Å². The van der Waals surface area contributed by atoms with Gasteiger partial charge in [-0.05, 0) is 56.5 Å².